The number of benzene rings is 1. The first-order valence-electron chi connectivity index (χ1n) is 4.66. The monoisotopic (exact) mass is 306 g/mol. The van der Waals surface area contributed by atoms with Crippen LogP contribution in [0.5, 0.6) is 0 Å². The number of hydrogen-bond donors (Lipinski definition) is 1. The average Bonchev–Trinajstić information content (AvgIpc) is 2.19. The summed E-state index contributed by atoms with van der Waals surface area (Å²) in [6, 6.07) is 7.96. The maximum Gasteiger partial charge on any atom is 0.0790 e. The Labute approximate surface area is 98.4 Å². The number of aliphatic hydroxyl groups excluding tert-OH is 1. The summed E-state index contributed by atoms with van der Waals surface area (Å²) >= 11 is 2.25. The molecule has 1 aromatic rings. The van der Waals surface area contributed by atoms with Crippen LogP contribution >= 0.6 is 22.6 Å². The normalized spacial score (nSPS) is 12.8. The molecule has 0 aliphatic carbocycles. The first-order valence-corrected chi connectivity index (χ1v) is 5.74. The highest BCUT2D eigenvalue weighted by atomic mass is 127. The van der Waals surface area contributed by atoms with Crippen LogP contribution in [0.1, 0.15) is 24.5 Å². The Morgan fingerprint density at radius 3 is 2.57 bits per heavy atom. The van der Waals surface area contributed by atoms with Crippen molar-refractivity contribution in [2.75, 3.05) is 13.7 Å². The fraction of sp³-hybridized carbons (Fsp3) is 0.455. The lowest BCUT2D eigenvalue weighted by molar-refractivity contribution is 0.136. The Morgan fingerprint density at radius 1 is 1.36 bits per heavy atom. The summed E-state index contributed by atoms with van der Waals surface area (Å²) in [5.74, 6) is 0. The lowest BCUT2D eigenvalue weighted by Gasteiger charge is -2.10. The molecule has 1 aromatic carbocycles. The van der Waals surface area contributed by atoms with Gasteiger partial charge in [0.15, 0.2) is 0 Å². The van der Waals surface area contributed by atoms with Crippen LogP contribution in [0.15, 0.2) is 24.3 Å². The summed E-state index contributed by atoms with van der Waals surface area (Å²) < 4.78 is 6.13. The molecule has 1 atom stereocenters. The van der Waals surface area contributed by atoms with Gasteiger partial charge in [0.1, 0.15) is 0 Å². The van der Waals surface area contributed by atoms with Gasteiger partial charge in [-0.15, -0.1) is 0 Å². The summed E-state index contributed by atoms with van der Waals surface area (Å²) in [4.78, 5) is 0. The van der Waals surface area contributed by atoms with E-state index < -0.39 is 0 Å². The molecule has 0 saturated heterocycles. The molecular formula is C11H15IO2. The van der Waals surface area contributed by atoms with E-state index in [2.05, 4.69) is 22.6 Å². The van der Waals surface area contributed by atoms with Crippen molar-refractivity contribution < 1.29 is 9.84 Å². The number of halogens is 1. The van der Waals surface area contributed by atoms with E-state index in [4.69, 9.17) is 4.74 Å². The zero-order valence-corrected chi connectivity index (χ0v) is 10.4. The number of ether oxygens (including phenoxy) is 1. The third-order valence-electron chi connectivity index (χ3n) is 2.08. The minimum absolute atomic E-state index is 0.359. The van der Waals surface area contributed by atoms with Crippen LogP contribution < -0.4 is 0 Å². The third kappa shape index (κ3) is 3.94. The van der Waals surface area contributed by atoms with Crippen molar-refractivity contribution in [1.29, 1.82) is 0 Å². The second-order valence-electron chi connectivity index (χ2n) is 3.20. The summed E-state index contributed by atoms with van der Waals surface area (Å²) in [5, 5.41) is 9.78. The smallest absolute Gasteiger partial charge is 0.0790 e. The van der Waals surface area contributed by atoms with Gasteiger partial charge < -0.3 is 9.84 Å². The van der Waals surface area contributed by atoms with E-state index >= 15 is 0 Å². The molecular weight excluding hydrogens is 291 g/mol. The largest absolute Gasteiger partial charge is 0.388 e. The van der Waals surface area contributed by atoms with E-state index in [0.717, 1.165) is 18.4 Å². The molecule has 0 amide bonds. The Balaban J connectivity index is 2.43. The van der Waals surface area contributed by atoms with Gasteiger partial charge in [-0.3, -0.25) is 0 Å². The van der Waals surface area contributed by atoms with Gasteiger partial charge in [-0.25, -0.2) is 0 Å². The second kappa shape index (κ2) is 6.37. The first-order chi connectivity index (χ1) is 6.74. The minimum atomic E-state index is -0.359. The lowest BCUT2D eigenvalue weighted by atomic mass is 10.1. The van der Waals surface area contributed by atoms with Crippen molar-refractivity contribution in [2.45, 2.75) is 18.9 Å². The molecule has 0 radical (unpaired) electrons. The van der Waals surface area contributed by atoms with Crippen molar-refractivity contribution in [2.24, 2.45) is 0 Å². The fourth-order valence-corrected chi connectivity index (χ4v) is 1.63. The predicted molar refractivity (Wildman–Crippen MR) is 65.2 cm³/mol. The average molecular weight is 306 g/mol. The Bertz CT molecular complexity index is 258. The number of rotatable bonds is 5. The Morgan fingerprint density at radius 2 is 2.00 bits per heavy atom. The van der Waals surface area contributed by atoms with Gasteiger partial charge in [-0.1, -0.05) is 12.1 Å². The topological polar surface area (TPSA) is 29.5 Å². The van der Waals surface area contributed by atoms with E-state index in [-0.39, 0.29) is 6.10 Å². The van der Waals surface area contributed by atoms with Crippen molar-refractivity contribution in [3.8, 4) is 0 Å². The molecule has 0 heterocycles. The SMILES string of the molecule is COCCCC(O)c1ccc(I)cc1. The zero-order valence-electron chi connectivity index (χ0n) is 8.24. The van der Waals surface area contributed by atoms with Crippen LogP contribution in [0.2, 0.25) is 0 Å². The summed E-state index contributed by atoms with van der Waals surface area (Å²) in [6.07, 6.45) is 1.29. The molecule has 3 heteroatoms. The van der Waals surface area contributed by atoms with Crippen LogP contribution in [-0.2, 0) is 4.74 Å². The van der Waals surface area contributed by atoms with Gasteiger partial charge in [0.05, 0.1) is 6.10 Å². The van der Waals surface area contributed by atoms with E-state index in [1.165, 1.54) is 3.57 Å². The Hall–Kier alpha value is -0.130. The van der Waals surface area contributed by atoms with Crippen LogP contribution in [0.25, 0.3) is 0 Å². The lowest BCUT2D eigenvalue weighted by Crippen LogP contribution is -1.99. The van der Waals surface area contributed by atoms with Gasteiger partial charge in [-0.05, 0) is 53.1 Å². The van der Waals surface area contributed by atoms with E-state index in [1.54, 1.807) is 7.11 Å². The fourth-order valence-electron chi connectivity index (χ4n) is 1.27. The van der Waals surface area contributed by atoms with Crippen molar-refractivity contribution in [1.82, 2.24) is 0 Å². The maximum absolute atomic E-state index is 9.78. The maximum atomic E-state index is 9.78. The number of methoxy groups -OCH3 is 1. The van der Waals surface area contributed by atoms with Gasteiger partial charge in [0.25, 0.3) is 0 Å². The first kappa shape index (κ1) is 11.9. The highest BCUT2D eigenvalue weighted by Gasteiger charge is 2.06. The molecule has 14 heavy (non-hydrogen) atoms. The highest BCUT2D eigenvalue weighted by molar-refractivity contribution is 14.1. The predicted octanol–water partition coefficient (Wildman–Crippen LogP) is 2.75. The van der Waals surface area contributed by atoms with Crippen molar-refractivity contribution in [3.05, 3.63) is 33.4 Å². The molecule has 0 bridgehead atoms. The van der Waals surface area contributed by atoms with Crippen LogP contribution in [0.3, 0.4) is 0 Å². The molecule has 0 aromatic heterocycles. The highest BCUT2D eigenvalue weighted by Crippen LogP contribution is 2.19. The summed E-state index contributed by atoms with van der Waals surface area (Å²) in [7, 11) is 1.68. The van der Waals surface area contributed by atoms with Crippen LogP contribution in [0.4, 0.5) is 0 Å². The number of hydrogen-bond acceptors (Lipinski definition) is 2. The molecule has 0 spiro atoms. The summed E-state index contributed by atoms with van der Waals surface area (Å²) in [5.41, 5.74) is 0.988. The molecule has 1 rings (SSSR count). The molecule has 0 fully saturated rings. The quantitative estimate of drug-likeness (QED) is 0.669. The molecule has 78 valence electrons. The second-order valence-corrected chi connectivity index (χ2v) is 4.45. The molecule has 1 unspecified atom stereocenters. The number of aliphatic hydroxyl groups is 1. The van der Waals surface area contributed by atoms with Crippen molar-refractivity contribution >= 4 is 22.6 Å². The summed E-state index contributed by atoms with van der Waals surface area (Å²) in [6.45, 7) is 0.710. The van der Waals surface area contributed by atoms with Gasteiger partial charge in [0.2, 0.25) is 0 Å². The van der Waals surface area contributed by atoms with E-state index in [0.29, 0.717) is 6.61 Å². The van der Waals surface area contributed by atoms with Gasteiger partial charge in [0, 0.05) is 17.3 Å². The Kier molecular flexibility index (Phi) is 5.44. The van der Waals surface area contributed by atoms with Crippen molar-refractivity contribution in [3.63, 3.8) is 0 Å². The van der Waals surface area contributed by atoms with Crippen LogP contribution in [-0.4, -0.2) is 18.8 Å². The standard InChI is InChI=1S/C11H15IO2/c1-14-8-2-3-11(13)9-4-6-10(12)7-5-9/h4-7,11,13H,2-3,8H2,1H3. The molecule has 2 nitrogen and oxygen atoms in total. The zero-order chi connectivity index (χ0) is 10.4. The van der Waals surface area contributed by atoms with Crippen LogP contribution in [0, 0.1) is 3.57 Å². The van der Waals surface area contributed by atoms with E-state index in [1.807, 2.05) is 24.3 Å². The molecule has 0 aliphatic rings. The third-order valence-corrected chi connectivity index (χ3v) is 2.80. The molecule has 1 N–H and O–H groups in total. The molecule has 0 aliphatic heterocycles. The van der Waals surface area contributed by atoms with E-state index in [9.17, 15) is 5.11 Å². The van der Waals surface area contributed by atoms with Gasteiger partial charge in [-0.2, -0.15) is 0 Å². The minimum Gasteiger partial charge on any atom is -0.388 e. The molecule has 0 saturated carbocycles. The van der Waals surface area contributed by atoms with Gasteiger partial charge >= 0.3 is 0 Å².